The molecule has 6 heteroatoms. The number of aliphatic hydroxyl groups is 1. The molecule has 0 fully saturated rings. The molecule has 0 heterocycles. The summed E-state index contributed by atoms with van der Waals surface area (Å²) < 4.78 is 12.5. The predicted octanol–water partition coefficient (Wildman–Crippen LogP) is 3.10. The standard InChI is InChI=1S/C14H21Br2NO3/c1-10(18)3-5-20-14-12(15)7-11(8-13(14)16)9-17-4-6-19-2/h7-8,10,17-18H,3-6,9H2,1-2H3. The van der Waals surface area contributed by atoms with Crippen LogP contribution >= 0.6 is 31.9 Å². The van der Waals surface area contributed by atoms with E-state index in [0.29, 0.717) is 19.6 Å². The van der Waals surface area contributed by atoms with Crippen LogP contribution < -0.4 is 10.1 Å². The van der Waals surface area contributed by atoms with Gasteiger partial charge in [-0.25, -0.2) is 0 Å². The summed E-state index contributed by atoms with van der Waals surface area (Å²) in [4.78, 5) is 0. The van der Waals surface area contributed by atoms with Crippen molar-refractivity contribution in [1.29, 1.82) is 0 Å². The molecule has 0 aliphatic rings. The number of rotatable bonds is 9. The molecule has 0 spiro atoms. The summed E-state index contributed by atoms with van der Waals surface area (Å²) in [5, 5.41) is 12.5. The van der Waals surface area contributed by atoms with Gasteiger partial charge in [0.15, 0.2) is 0 Å². The first-order valence-corrected chi connectivity index (χ1v) is 8.11. The number of nitrogens with one attached hydrogen (secondary N) is 1. The highest BCUT2D eigenvalue weighted by Crippen LogP contribution is 2.34. The molecule has 1 rings (SSSR count). The molecular formula is C14H21Br2NO3. The van der Waals surface area contributed by atoms with Gasteiger partial charge in [-0.05, 0) is 56.5 Å². The fraction of sp³-hybridized carbons (Fsp3) is 0.571. The van der Waals surface area contributed by atoms with Crippen LogP contribution in [0.5, 0.6) is 5.75 Å². The molecule has 0 saturated carbocycles. The maximum atomic E-state index is 9.23. The maximum absolute atomic E-state index is 9.23. The van der Waals surface area contributed by atoms with Crippen molar-refractivity contribution < 1.29 is 14.6 Å². The highest BCUT2D eigenvalue weighted by atomic mass is 79.9. The van der Waals surface area contributed by atoms with Gasteiger partial charge in [-0.1, -0.05) is 0 Å². The average molecular weight is 411 g/mol. The molecule has 2 N–H and O–H groups in total. The van der Waals surface area contributed by atoms with E-state index in [1.165, 1.54) is 0 Å². The second-order valence-corrected chi connectivity index (χ2v) is 6.25. The number of benzene rings is 1. The zero-order valence-electron chi connectivity index (χ0n) is 11.8. The molecular weight excluding hydrogens is 390 g/mol. The molecule has 0 aliphatic heterocycles. The lowest BCUT2D eigenvalue weighted by atomic mass is 10.2. The van der Waals surface area contributed by atoms with Crippen LogP contribution in [0.25, 0.3) is 0 Å². The summed E-state index contributed by atoms with van der Waals surface area (Å²) in [6, 6.07) is 4.06. The van der Waals surface area contributed by atoms with E-state index in [2.05, 4.69) is 37.2 Å². The molecule has 0 aliphatic carbocycles. The van der Waals surface area contributed by atoms with E-state index in [0.717, 1.165) is 33.3 Å². The lowest BCUT2D eigenvalue weighted by Crippen LogP contribution is -2.18. The smallest absolute Gasteiger partial charge is 0.147 e. The Morgan fingerprint density at radius 3 is 2.45 bits per heavy atom. The Morgan fingerprint density at radius 2 is 1.90 bits per heavy atom. The summed E-state index contributed by atoms with van der Waals surface area (Å²) in [6.45, 7) is 4.53. The molecule has 1 aromatic carbocycles. The van der Waals surface area contributed by atoms with E-state index < -0.39 is 0 Å². The molecule has 1 atom stereocenters. The van der Waals surface area contributed by atoms with Crippen molar-refractivity contribution >= 4 is 31.9 Å². The van der Waals surface area contributed by atoms with E-state index in [4.69, 9.17) is 9.47 Å². The van der Waals surface area contributed by atoms with Gasteiger partial charge in [0.25, 0.3) is 0 Å². The van der Waals surface area contributed by atoms with E-state index in [-0.39, 0.29) is 6.10 Å². The normalized spacial score (nSPS) is 12.4. The SMILES string of the molecule is COCCNCc1cc(Br)c(OCCC(C)O)c(Br)c1. The Hall–Kier alpha value is -0.140. The van der Waals surface area contributed by atoms with Crippen molar-refractivity contribution in [3.63, 3.8) is 0 Å². The largest absolute Gasteiger partial charge is 0.491 e. The van der Waals surface area contributed by atoms with Gasteiger partial charge in [0.05, 0.1) is 28.3 Å². The first-order chi connectivity index (χ1) is 9.54. The first-order valence-electron chi connectivity index (χ1n) is 6.53. The first kappa shape index (κ1) is 17.9. The van der Waals surface area contributed by atoms with Crippen LogP contribution in [0.2, 0.25) is 0 Å². The second kappa shape index (κ2) is 9.73. The van der Waals surface area contributed by atoms with Crippen molar-refractivity contribution in [2.24, 2.45) is 0 Å². The Bertz CT molecular complexity index is 390. The number of aliphatic hydroxyl groups excluding tert-OH is 1. The lowest BCUT2D eigenvalue weighted by molar-refractivity contribution is 0.155. The second-order valence-electron chi connectivity index (χ2n) is 4.54. The van der Waals surface area contributed by atoms with Crippen LogP contribution in [-0.4, -0.2) is 38.1 Å². The molecule has 1 unspecified atom stereocenters. The highest BCUT2D eigenvalue weighted by Gasteiger charge is 2.09. The van der Waals surface area contributed by atoms with Gasteiger partial charge in [-0.15, -0.1) is 0 Å². The van der Waals surface area contributed by atoms with Gasteiger partial charge in [-0.2, -0.15) is 0 Å². The van der Waals surface area contributed by atoms with Crippen LogP contribution in [-0.2, 0) is 11.3 Å². The fourth-order valence-electron chi connectivity index (χ4n) is 1.59. The van der Waals surface area contributed by atoms with E-state index in [1.807, 2.05) is 12.1 Å². The molecule has 0 radical (unpaired) electrons. The Morgan fingerprint density at radius 1 is 1.25 bits per heavy atom. The highest BCUT2D eigenvalue weighted by molar-refractivity contribution is 9.11. The molecule has 1 aromatic rings. The topological polar surface area (TPSA) is 50.7 Å². The summed E-state index contributed by atoms with van der Waals surface area (Å²) >= 11 is 7.04. The number of ether oxygens (including phenoxy) is 2. The molecule has 0 bridgehead atoms. The quantitative estimate of drug-likeness (QED) is 0.614. The van der Waals surface area contributed by atoms with E-state index >= 15 is 0 Å². The Labute approximate surface area is 137 Å². The van der Waals surface area contributed by atoms with Gasteiger partial charge in [-0.3, -0.25) is 0 Å². The molecule has 20 heavy (non-hydrogen) atoms. The van der Waals surface area contributed by atoms with Crippen molar-refractivity contribution in [3.05, 3.63) is 26.6 Å². The number of hydrogen-bond donors (Lipinski definition) is 2. The monoisotopic (exact) mass is 409 g/mol. The minimum Gasteiger partial charge on any atom is -0.491 e. The van der Waals surface area contributed by atoms with Crippen molar-refractivity contribution in [3.8, 4) is 5.75 Å². The van der Waals surface area contributed by atoms with Gasteiger partial charge < -0.3 is 19.9 Å². The number of methoxy groups -OCH3 is 1. The van der Waals surface area contributed by atoms with E-state index in [9.17, 15) is 5.11 Å². The molecule has 0 saturated heterocycles. The zero-order chi connectivity index (χ0) is 15.0. The minimum absolute atomic E-state index is 0.350. The van der Waals surface area contributed by atoms with Crippen molar-refractivity contribution in [1.82, 2.24) is 5.32 Å². The maximum Gasteiger partial charge on any atom is 0.147 e. The summed E-state index contributed by atoms with van der Waals surface area (Å²) in [5.41, 5.74) is 1.16. The van der Waals surface area contributed by atoms with Gasteiger partial charge in [0.1, 0.15) is 5.75 Å². The van der Waals surface area contributed by atoms with Crippen LogP contribution in [0, 0.1) is 0 Å². The molecule has 114 valence electrons. The molecule has 0 aromatic heterocycles. The number of hydrogen-bond acceptors (Lipinski definition) is 4. The van der Waals surface area contributed by atoms with Crippen LogP contribution in [0.1, 0.15) is 18.9 Å². The third kappa shape index (κ3) is 6.54. The summed E-state index contributed by atoms with van der Waals surface area (Å²) in [5.74, 6) is 0.770. The average Bonchev–Trinajstić information content (AvgIpc) is 2.37. The fourth-order valence-corrected chi connectivity index (χ4v) is 3.10. The van der Waals surface area contributed by atoms with Gasteiger partial charge in [0.2, 0.25) is 0 Å². The lowest BCUT2D eigenvalue weighted by Gasteiger charge is -2.13. The van der Waals surface area contributed by atoms with Crippen LogP contribution in [0.15, 0.2) is 21.1 Å². The van der Waals surface area contributed by atoms with Crippen molar-refractivity contribution in [2.45, 2.75) is 26.0 Å². The van der Waals surface area contributed by atoms with E-state index in [1.54, 1.807) is 14.0 Å². The van der Waals surface area contributed by atoms with Crippen LogP contribution in [0.4, 0.5) is 0 Å². The minimum atomic E-state index is -0.350. The zero-order valence-corrected chi connectivity index (χ0v) is 15.0. The third-order valence-corrected chi connectivity index (χ3v) is 3.83. The number of halogens is 2. The Balaban J connectivity index is 2.57. The van der Waals surface area contributed by atoms with Crippen molar-refractivity contribution in [2.75, 3.05) is 26.9 Å². The summed E-state index contributed by atoms with van der Waals surface area (Å²) in [6.07, 6.45) is 0.260. The summed E-state index contributed by atoms with van der Waals surface area (Å²) in [7, 11) is 1.69. The van der Waals surface area contributed by atoms with Gasteiger partial charge >= 0.3 is 0 Å². The predicted molar refractivity (Wildman–Crippen MR) is 87.2 cm³/mol. The molecule has 0 amide bonds. The van der Waals surface area contributed by atoms with Gasteiger partial charge in [0, 0.05) is 26.6 Å². The van der Waals surface area contributed by atoms with Crippen LogP contribution in [0.3, 0.4) is 0 Å². The third-order valence-electron chi connectivity index (χ3n) is 2.65. The Kier molecular flexibility index (Phi) is 8.72. The molecule has 4 nitrogen and oxygen atoms in total.